The monoisotopic (exact) mass is 431 g/mol. The molecule has 1 fully saturated rings. The zero-order valence-corrected chi connectivity index (χ0v) is 16.9. The van der Waals surface area contributed by atoms with E-state index in [-0.39, 0.29) is 31.9 Å². The van der Waals surface area contributed by atoms with Crippen molar-refractivity contribution in [3.8, 4) is 11.1 Å². The number of aromatic nitrogens is 2. The van der Waals surface area contributed by atoms with Gasteiger partial charge in [-0.2, -0.15) is 0 Å². The first-order valence-electron chi connectivity index (χ1n) is 9.81. The number of carbonyl (C=O) groups excluding carboxylic acids is 1. The number of anilines is 1. The van der Waals surface area contributed by atoms with E-state index in [0.717, 1.165) is 32.6 Å². The maximum Gasteiger partial charge on any atom is 0.313 e. The van der Waals surface area contributed by atoms with E-state index in [0.29, 0.717) is 23.0 Å². The molecule has 0 atom stereocenters. The first-order valence-corrected chi connectivity index (χ1v) is 9.81. The van der Waals surface area contributed by atoms with Crippen molar-refractivity contribution in [3.05, 3.63) is 42.0 Å². The van der Waals surface area contributed by atoms with Gasteiger partial charge in [0.2, 0.25) is 5.95 Å². The highest BCUT2D eigenvalue weighted by Gasteiger charge is 2.18. The summed E-state index contributed by atoms with van der Waals surface area (Å²) < 4.78 is 25.3. The lowest BCUT2D eigenvalue weighted by Crippen LogP contribution is -2.30. The fourth-order valence-corrected chi connectivity index (χ4v) is 3.33. The van der Waals surface area contributed by atoms with E-state index in [9.17, 15) is 9.18 Å². The zero-order valence-electron chi connectivity index (χ0n) is 16.9. The standard InChI is InChI=1S/C21H26FN5O3.CH4/c1-27(12-14-5-7-29-8-6-14)21-25-10-16(11-26-21)17-4-2-3-15(20(17)22)13-30-19(28)9-18(23)24;/h2-4,10-11,14H,5-9,12-13H2,1H3,(H3,23,24);1H4. The number of amidine groups is 1. The molecule has 0 spiro atoms. The average molecular weight is 432 g/mol. The molecule has 9 heteroatoms. The van der Waals surface area contributed by atoms with E-state index < -0.39 is 11.8 Å². The molecule has 1 aromatic carbocycles. The van der Waals surface area contributed by atoms with Crippen LogP contribution in [0.4, 0.5) is 10.3 Å². The Kier molecular flexibility index (Phi) is 8.87. The number of carbonyl (C=O) groups is 1. The molecule has 8 nitrogen and oxygen atoms in total. The van der Waals surface area contributed by atoms with Gasteiger partial charge in [-0.1, -0.05) is 25.6 Å². The van der Waals surface area contributed by atoms with Gasteiger partial charge in [0.25, 0.3) is 0 Å². The predicted octanol–water partition coefficient (Wildman–Crippen LogP) is 3.15. The summed E-state index contributed by atoms with van der Waals surface area (Å²) in [5.74, 6) is -0.340. The number of hydrogen-bond acceptors (Lipinski definition) is 7. The van der Waals surface area contributed by atoms with Gasteiger partial charge < -0.3 is 20.1 Å². The Morgan fingerprint density at radius 1 is 1.32 bits per heavy atom. The van der Waals surface area contributed by atoms with E-state index in [1.807, 2.05) is 11.9 Å². The smallest absolute Gasteiger partial charge is 0.313 e. The van der Waals surface area contributed by atoms with E-state index >= 15 is 0 Å². The SMILES string of the molecule is C.CN(CC1CCOCC1)c1ncc(-c2cccc(COC(=O)CC(=N)N)c2F)cn1. The van der Waals surface area contributed by atoms with Crippen molar-refractivity contribution in [1.82, 2.24) is 9.97 Å². The van der Waals surface area contributed by atoms with E-state index in [1.165, 1.54) is 6.07 Å². The summed E-state index contributed by atoms with van der Waals surface area (Å²) in [6.45, 7) is 2.19. The largest absolute Gasteiger partial charge is 0.460 e. The van der Waals surface area contributed by atoms with Crippen LogP contribution in [0.2, 0.25) is 0 Å². The molecule has 0 saturated carbocycles. The third kappa shape index (κ3) is 6.71. The van der Waals surface area contributed by atoms with Gasteiger partial charge in [0.1, 0.15) is 24.7 Å². The fraction of sp³-hybridized carbons (Fsp3) is 0.455. The summed E-state index contributed by atoms with van der Waals surface area (Å²) in [6, 6.07) is 4.84. The van der Waals surface area contributed by atoms with Crippen molar-refractivity contribution in [2.75, 3.05) is 31.7 Å². The van der Waals surface area contributed by atoms with Crippen LogP contribution in [0.3, 0.4) is 0 Å². The van der Waals surface area contributed by atoms with Crippen molar-refractivity contribution in [3.63, 3.8) is 0 Å². The number of esters is 1. The topological polar surface area (TPSA) is 114 Å². The van der Waals surface area contributed by atoms with Crippen LogP contribution in [0.15, 0.2) is 30.6 Å². The average Bonchev–Trinajstić information content (AvgIpc) is 2.73. The highest BCUT2D eigenvalue weighted by Crippen LogP contribution is 2.25. The molecule has 2 aromatic rings. The minimum Gasteiger partial charge on any atom is -0.460 e. The maximum atomic E-state index is 14.9. The number of halogens is 1. The van der Waals surface area contributed by atoms with Crippen LogP contribution in [-0.4, -0.2) is 48.6 Å². The summed E-state index contributed by atoms with van der Waals surface area (Å²) in [5, 5.41) is 7.10. The molecule has 1 aliphatic heterocycles. The lowest BCUT2D eigenvalue weighted by Gasteiger charge is -2.27. The highest BCUT2D eigenvalue weighted by molar-refractivity contribution is 5.94. The van der Waals surface area contributed by atoms with Gasteiger partial charge in [0, 0.05) is 55.9 Å². The normalized spacial score (nSPS) is 13.9. The quantitative estimate of drug-likeness (QED) is 0.375. The second kappa shape index (κ2) is 11.4. The Hall–Kier alpha value is -3.07. The predicted molar refractivity (Wildman–Crippen MR) is 117 cm³/mol. The molecule has 0 aliphatic carbocycles. The number of nitrogens with two attached hydrogens (primary N) is 1. The first-order chi connectivity index (χ1) is 14.4. The molecule has 1 aromatic heterocycles. The van der Waals surface area contributed by atoms with Crippen molar-refractivity contribution in [2.24, 2.45) is 11.7 Å². The van der Waals surface area contributed by atoms with Gasteiger partial charge in [0.05, 0.1) is 0 Å². The number of nitrogens with zero attached hydrogens (tertiary/aromatic N) is 3. The molecule has 2 heterocycles. The van der Waals surface area contributed by atoms with Crippen molar-refractivity contribution in [2.45, 2.75) is 33.3 Å². The third-order valence-corrected chi connectivity index (χ3v) is 4.97. The molecular formula is C22H30FN5O3. The van der Waals surface area contributed by atoms with Crippen molar-refractivity contribution >= 4 is 17.8 Å². The van der Waals surface area contributed by atoms with Gasteiger partial charge in [-0.3, -0.25) is 10.2 Å². The van der Waals surface area contributed by atoms with Crippen LogP contribution in [-0.2, 0) is 20.9 Å². The van der Waals surface area contributed by atoms with Crippen LogP contribution in [0, 0.1) is 17.1 Å². The van der Waals surface area contributed by atoms with Gasteiger partial charge in [-0.15, -0.1) is 0 Å². The number of ether oxygens (including phenoxy) is 2. The summed E-state index contributed by atoms with van der Waals surface area (Å²) in [4.78, 5) is 22.3. The van der Waals surface area contributed by atoms with Crippen LogP contribution >= 0.6 is 0 Å². The Morgan fingerprint density at radius 3 is 2.65 bits per heavy atom. The number of rotatable bonds is 8. The molecule has 0 bridgehead atoms. The van der Waals surface area contributed by atoms with Gasteiger partial charge >= 0.3 is 5.97 Å². The molecule has 31 heavy (non-hydrogen) atoms. The zero-order chi connectivity index (χ0) is 21.5. The van der Waals surface area contributed by atoms with E-state index in [4.69, 9.17) is 20.6 Å². The van der Waals surface area contributed by atoms with Crippen LogP contribution in [0.5, 0.6) is 0 Å². The molecular weight excluding hydrogens is 401 g/mol. The number of nitrogens with one attached hydrogen (secondary N) is 1. The molecule has 0 radical (unpaired) electrons. The Morgan fingerprint density at radius 2 is 2.00 bits per heavy atom. The minimum atomic E-state index is -0.674. The molecule has 0 unspecified atom stereocenters. The van der Waals surface area contributed by atoms with Crippen LogP contribution in [0.1, 0.15) is 32.3 Å². The van der Waals surface area contributed by atoms with Gasteiger partial charge in [-0.05, 0) is 18.8 Å². The highest BCUT2D eigenvalue weighted by atomic mass is 19.1. The summed E-state index contributed by atoms with van der Waals surface area (Å²) in [7, 11) is 1.95. The third-order valence-electron chi connectivity index (χ3n) is 4.97. The molecule has 168 valence electrons. The number of benzene rings is 1. The Bertz CT molecular complexity index is 885. The fourth-order valence-electron chi connectivity index (χ4n) is 3.33. The van der Waals surface area contributed by atoms with Crippen molar-refractivity contribution < 1.29 is 18.7 Å². The lowest BCUT2D eigenvalue weighted by molar-refractivity contribution is -0.143. The summed E-state index contributed by atoms with van der Waals surface area (Å²) >= 11 is 0. The molecule has 1 saturated heterocycles. The van der Waals surface area contributed by atoms with E-state index in [1.54, 1.807) is 24.5 Å². The molecule has 1 aliphatic rings. The summed E-state index contributed by atoms with van der Waals surface area (Å²) in [5.41, 5.74) is 6.25. The second-order valence-electron chi connectivity index (χ2n) is 7.35. The van der Waals surface area contributed by atoms with Crippen molar-refractivity contribution in [1.29, 1.82) is 5.41 Å². The Labute approximate surface area is 182 Å². The molecule has 3 N–H and O–H groups in total. The molecule has 3 rings (SSSR count). The Balaban J connectivity index is 0.00000341. The van der Waals surface area contributed by atoms with Crippen LogP contribution < -0.4 is 10.6 Å². The maximum absolute atomic E-state index is 14.9. The van der Waals surface area contributed by atoms with E-state index in [2.05, 4.69) is 9.97 Å². The molecule has 0 amide bonds. The first kappa shape index (κ1) is 24.2. The lowest BCUT2D eigenvalue weighted by atomic mass is 10.00. The minimum absolute atomic E-state index is 0. The van der Waals surface area contributed by atoms with Gasteiger partial charge in [-0.25, -0.2) is 14.4 Å². The second-order valence-corrected chi connectivity index (χ2v) is 7.35. The summed E-state index contributed by atoms with van der Waals surface area (Å²) in [6.07, 6.45) is 4.91. The number of hydrogen-bond donors (Lipinski definition) is 2. The van der Waals surface area contributed by atoms with Crippen LogP contribution in [0.25, 0.3) is 11.1 Å². The van der Waals surface area contributed by atoms with Gasteiger partial charge in [0.15, 0.2) is 0 Å².